The summed E-state index contributed by atoms with van der Waals surface area (Å²) in [6.45, 7) is 2.16. The minimum Gasteiger partial charge on any atom is -0.375 e. The van der Waals surface area contributed by atoms with Crippen molar-refractivity contribution in [1.29, 1.82) is 0 Å². The van der Waals surface area contributed by atoms with Gasteiger partial charge in [-0.2, -0.15) is 0 Å². The summed E-state index contributed by atoms with van der Waals surface area (Å²) in [5.41, 5.74) is 0.463. The van der Waals surface area contributed by atoms with Gasteiger partial charge in [0.1, 0.15) is 11.9 Å². The minimum absolute atomic E-state index is 0.0127. The average Bonchev–Trinajstić information content (AvgIpc) is 3.28. The minimum atomic E-state index is -0.312. The second-order valence-corrected chi connectivity index (χ2v) is 7.15. The Morgan fingerprint density at radius 3 is 2.88 bits per heavy atom. The van der Waals surface area contributed by atoms with Gasteiger partial charge in [0.2, 0.25) is 5.91 Å². The standard InChI is InChI=1S/C19H24FNO3/c20-15-4-2-1-3-14(15)11-18(22)21-9-7-17(24-12-13-5-6-13)19-16(21)8-10-23-19/h1-4,13,16-17,19H,5-12H2/t16-,17+,19-/m0/s1. The van der Waals surface area contributed by atoms with Crippen LogP contribution in [0.3, 0.4) is 0 Å². The van der Waals surface area contributed by atoms with E-state index in [1.54, 1.807) is 18.2 Å². The Labute approximate surface area is 141 Å². The number of hydrogen-bond acceptors (Lipinski definition) is 3. The van der Waals surface area contributed by atoms with Crippen LogP contribution >= 0.6 is 0 Å². The Morgan fingerprint density at radius 1 is 1.25 bits per heavy atom. The fourth-order valence-corrected chi connectivity index (χ4v) is 3.82. The number of halogens is 1. The molecule has 2 heterocycles. The van der Waals surface area contributed by atoms with E-state index < -0.39 is 0 Å². The first kappa shape index (κ1) is 16.0. The molecule has 2 saturated heterocycles. The molecule has 0 aromatic heterocycles. The van der Waals surface area contributed by atoms with Gasteiger partial charge in [0.15, 0.2) is 0 Å². The monoisotopic (exact) mass is 333 g/mol. The number of carbonyl (C=O) groups is 1. The van der Waals surface area contributed by atoms with Crippen LogP contribution in [0.1, 0.15) is 31.2 Å². The molecule has 1 saturated carbocycles. The van der Waals surface area contributed by atoms with Crippen molar-refractivity contribution < 1.29 is 18.7 Å². The number of fused-ring (bicyclic) bond motifs is 1. The topological polar surface area (TPSA) is 38.8 Å². The first-order chi connectivity index (χ1) is 11.7. The largest absolute Gasteiger partial charge is 0.375 e. The van der Waals surface area contributed by atoms with Crippen LogP contribution in [0.5, 0.6) is 0 Å². The zero-order valence-electron chi connectivity index (χ0n) is 13.8. The van der Waals surface area contributed by atoms with Gasteiger partial charge in [-0.15, -0.1) is 0 Å². The first-order valence-electron chi connectivity index (χ1n) is 8.98. The number of rotatable bonds is 5. The molecular formula is C19H24FNO3. The van der Waals surface area contributed by atoms with Crippen molar-refractivity contribution in [3.8, 4) is 0 Å². The van der Waals surface area contributed by atoms with Crippen LogP contribution in [0.2, 0.25) is 0 Å². The molecule has 1 aliphatic carbocycles. The summed E-state index contributed by atoms with van der Waals surface area (Å²) in [5, 5.41) is 0. The molecule has 3 fully saturated rings. The van der Waals surface area contributed by atoms with Gasteiger partial charge in [-0.25, -0.2) is 4.39 Å². The van der Waals surface area contributed by atoms with Crippen molar-refractivity contribution in [1.82, 2.24) is 4.90 Å². The number of likely N-dealkylation sites (tertiary alicyclic amines) is 1. The molecule has 24 heavy (non-hydrogen) atoms. The van der Waals surface area contributed by atoms with Crippen molar-refractivity contribution >= 4 is 5.91 Å². The molecule has 1 aromatic carbocycles. The van der Waals surface area contributed by atoms with E-state index >= 15 is 0 Å². The molecule has 130 valence electrons. The summed E-state index contributed by atoms with van der Waals surface area (Å²) in [6, 6.07) is 6.57. The smallest absolute Gasteiger partial charge is 0.227 e. The molecule has 1 aromatic rings. The van der Waals surface area contributed by atoms with Gasteiger partial charge in [-0.05, 0) is 43.2 Å². The molecule has 4 nitrogen and oxygen atoms in total. The lowest BCUT2D eigenvalue weighted by Gasteiger charge is -2.41. The number of ether oxygens (including phenoxy) is 2. The van der Waals surface area contributed by atoms with Crippen molar-refractivity contribution in [2.24, 2.45) is 5.92 Å². The maximum atomic E-state index is 13.8. The molecule has 0 unspecified atom stereocenters. The summed E-state index contributed by atoms with van der Waals surface area (Å²) in [5.74, 6) is 0.402. The van der Waals surface area contributed by atoms with Gasteiger partial charge in [0, 0.05) is 19.8 Å². The predicted molar refractivity (Wildman–Crippen MR) is 87.0 cm³/mol. The molecule has 0 bridgehead atoms. The fraction of sp³-hybridized carbons (Fsp3) is 0.632. The summed E-state index contributed by atoms with van der Waals surface area (Å²) < 4.78 is 25.8. The lowest BCUT2D eigenvalue weighted by Crippen LogP contribution is -2.55. The van der Waals surface area contributed by atoms with E-state index in [-0.39, 0.29) is 36.4 Å². The fourth-order valence-electron chi connectivity index (χ4n) is 3.82. The average molecular weight is 333 g/mol. The number of nitrogens with zero attached hydrogens (tertiary/aromatic N) is 1. The van der Waals surface area contributed by atoms with Gasteiger partial charge in [0.05, 0.1) is 18.6 Å². The van der Waals surface area contributed by atoms with E-state index in [0.717, 1.165) is 25.4 Å². The molecule has 4 rings (SSSR count). The number of hydrogen-bond donors (Lipinski definition) is 0. The third-order valence-electron chi connectivity index (χ3n) is 5.39. The highest BCUT2D eigenvalue weighted by Gasteiger charge is 2.44. The zero-order valence-corrected chi connectivity index (χ0v) is 13.8. The Balaban J connectivity index is 1.40. The number of piperidine rings is 1. The molecule has 0 spiro atoms. The van der Waals surface area contributed by atoms with Crippen LogP contribution in [0.4, 0.5) is 4.39 Å². The van der Waals surface area contributed by atoms with E-state index in [9.17, 15) is 9.18 Å². The second kappa shape index (κ2) is 6.81. The van der Waals surface area contributed by atoms with E-state index in [4.69, 9.17) is 9.47 Å². The Bertz CT molecular complexity index is 604. The van der Waals surface area contributed by atoms with Crippen molar-refractivity contribution in [2.75, 3.05) is 19.8 Å². The lowest BCUT2D eigenvalue weighted by atomic mass is 9.94. The van der Waals surface area contributed by atoms with E-state index in [0.29, 0.717) is 18.7 Å². The Kier molecular flexibility index (Phi) is 4.55. The highest BCUT2D eigenvalue weighted by molar-refractivity contribution is 5.79. The lowest BCUT2D eigenvalue weighted by molar-refractivity contribution is -0.145. The maximum Gasteiger partial charge on any atom is 0.227 e. The highest BCUT2D eigenvalue weighted by atomic mass is 19.1. The molecule has 3 atom stereocenters. The third-order valence-corrected chi connectivity index (χ3v) is 5.39. The highest BCUT2D eigenvalue weighted by Crippen LogP contribution is 2.34. The van der Waals surface area contributed by atoms with Gasteiger partial charge < -0.3 is 14.4 Å². The van der Waals surface area contributed by atoms with Gasteiger partial charge in [-0.1, -0.05) is 18.2 Å². The molecule has 1 amide bonds. The Morgan fingerprint density at radius 2 is 2.08 bits per heavy atom. The first-order valence-corrected chi connectivity index (χ1v) is 8.98. The Hall–Kier alpha value is -1.46. The molecule has 0 N–H and O–H groups in total. The summed E-state index contributed by atoms with van der Waals surface area (Å²) in [4.78, 5) is 14.6. The van der Waals surface area contributed by atoms with Gasteiger partial charge in [0.25, 0.3) is 0 Å². The number of carbonyl (C=O) groups excluding carboxylic acids is 1. The number of amides is 1. The van der Waals surface area contributed by atoms with Crippen LogP contribution in [-0.2, 0) is 20.7 Å². The van der Waals surface area contributed by atoms with E-state index in [1.165, 1.54) is 18.9 Å². The maximum absolute atomic E-state index is 13.8. The van der Waals surface area contributed by atoms with Gasteiger partial charge >= 0.3 is 0 Å². The molecule has 0 radical (unpaired) electrons. The predicted octanol–water partition coefficient (Wildman–Crippen LogP) is 2.55. The SMILES string of the molecule is O=C(Cc1ccccc1F)N1CC[C@@H](OCC2CC2)[C@H]2OCC[C@@H]21. The van der Waals surface area contributed by atoms with Crippen LogP contribution in [-0.4, -0.2) is 48.8 Å². The molecule has 3 aliphatic rings. The summed E-state index contributed by atoms with van der Waals surface area (Å²) in [6.07, 6.45) is 4.37. The zero-order chi connectivity index (χ0) is 16.5. The third kappa shape index (κ3) is 3.33. The van der Waals surface area contributed by atoms with Crippen molar-refractivity contribution in [3.05, 3.63) is 35.6 Å². The van der Waals surface area contributed by atoms with Crippen LogP contribution < -0.4 is 0 Å². The quantitative estimate of drug-likeness (QED) is 0.831. The van der Waals surface area contributed by atoms with E-state index in [2.05, 4.69) is 0 Å². The van der Waals surface area contributed by atoms with E-state index in [1.807, 2.05) is 4.90 Å². The van der Waals surface area contributed by atoms with Gasteiger partial charge in [-0.3, -0.25) is 4.79 Å². The number of benzene rings is 1. The van der Waals surface area contributed by atoms with Crippen molar-refractivity contribution in [3.63, 3.8) is 0 Å². The van der Waals surface area contributed by atoms with Crippen LogP contribution in [0.15, 0.2) is 24.3 Å². The molecule has 2 aliphatic heterocycles. The van der Waals surface area contributed by atoms with Crippen LogP contribution in [0.25, 0.3) is 0 Å². The summed E-state index contributed by atoms with van der Waals surface area (Å²) >= 11 is 0. The molecular weight excluding hydrogens is 309 g/mol. The normalized spacial score (nSPS) is 29.5. The van der Waals surface area contributed by atoms with Crippen LogP contribution in [0, 0.1) is 11.7 Å². The second-order valence-electron chi connectivity index (χ2n) is 7.15. The van der Waals surface area contributed by atoms with Crippen molar-refractivity contribution in [2.45, 2.75) is 50.4 Å². The summed E-state index contributed by atoms with van der Waals surface area (Å²) in [7, 11) is 0. The molecule has 5 heteroatoms.